The first kappa shape index (κ1) is 12.3. The van der Waals surface area contributed by atoms with Crippen LogP contribution in [0, 0.1) is 5.92 Å². The lowest BCUT2D eigenvalue weighted by molar-refractivity contribution is 0.270. The number of nitrogens with two attached hydrogens (primary N) is 1. The van der Waals surface area contributed by atoms with Gasteiger partial charge in [0.05, 0.1) is 0 Å². The van der Waals surface area contributed by atoms with Crippen LogP contribution >= 0.6 is 0 Å². The van der Waals surface area contributed by atoms with Crippen LogP contribution in [-0.4, -0.2) is 31.2 Å². The van der Waals surface area contributed by atoms with E-state index in [0.29, 0.717) is 6.04 Å². The summed E-state index contributed by atoms with van der Waals surface area (Å²) in [5, 5.41) is 7.22. The SMILES string of the molecule is CCC1CNCCC1NC1CC1.NC1CC1. The molecule has 2 aliphatic carbocycles. The van der Waals surface area contributed by atoms with E-state index < -0.39 is 0 Å². The highest BCUT2D eigenvalue weighted by atomic mass is 15.0. The Balaban J connectivity index is 0.000000203. The zero-order chi connectivity index (χ0) is 11.4. The van der Waals surface area contributed by atoms with Gasteiger partial charge < -0.3 is 16.4 Å². The standard InChI is InChI=1S/C10H20N2.C3H7N/c1-2-8-7-11-6-5-10(8)12-9-3-4-9;4-3-1-2-3/h8-12H,2-7H2,1H3;3H,1-2,4H2. The van der Waals surface area contributed by atoms with Gasteiger partial charge in [-0.2, -0.15) is 0 Å². The Morgan fingerprint density at radius 1 is 1.19 bits per heavy atom. The molecule has 3 fully saturated rings. The third-order valence-electron chi connectivity index (χ3n) is 3.78. The molecule has 3 nitrogen and oxygen atoms in total. The first-order valence-electron chi connectivity index (χ1n) is 7.02. The molecule has 2 unspecified atom stereocenters. The van der Waals surface area contributed by atoms with E-state index in [-0.39, 0.29) is 0 Å². The quantitative estimate of drug-likeness (QED) is 0.677. The van der Waals surface area contributed by atoms with E-state index in [2.05, 4.69) is 17.6 Å². The Kier molecular flexibility index (Phi) is 4.62. The summed E-state index contributed by atoms with van der Waals surface area (Å²) < 4.78 is 0. The van der Waals surface area contributed by atoms with Gasteiger partial charge in [0.15, 0.2) is 0 Å². The topological polar surface area (TPSA) is 50.1 Å². The van der Waals surface area contributed by atoms with Gasteiger partial charge in [-0.1, -0.05) is 13.3 Å². The first-order chi connectivity index (χ1) is 7.79. The number of piperidine rings is 1. The predicted octanol–water partition coefficient (Wildman–Crippen LogP) is 1.23. The van der Waals surface area contributed by atoms with Gasteiger partial charge in [0.25, 0.3) is 0 Å². The Morgan fingerprint density at radius 3 is 2.38 bits per heavy atom. The smallest absolute Gasteiger partial charge is 0.0122 e. The lowest BCUT2D eigenvalue weighted by Gasteiger charge is -2.32. The van der Waals surface area contributed by atoms with E-state index >= 15 is 0 Å². The lowest BCUT2D eigenvalue weighted by atomic mass is 9.91. The van der Waals surface area contributed by atoms with Crippen molar-refractivity contribution in [1.82, 2.24) is 10.6 Å². The molecular formula is C13H27N3. The van der Waals surface area contributed by atoms with Gasteiger partial charge in [-0.05, 0) is 51.1 Å². The average molecular weight is 225 g/mol. The minimum atomic E-state index is 0.583. The highest BCUT2D eigenvalue weighted by molar-refractivity contribution is 4.90. The summed E-state index contributed by atoms with van der Waals surface area (Å²) in [5.41, 5.74) is 5.22. The van der Waals surface area contributed by atoms with Crippen molar-refractivity contribution < 1.29 is 0 Å². The van der Waals surface area contributed by atoms with E-state index in [1.807, 2.05) is 0 Å². The maximum Gasteiger partial charge on any atom is 0.0122 e. The van der Waals surface area contributed by atoms with Gasteiger partial charge in [-0.15, -0.1) is 0 Å². The molecule has 3 heteroatoms. The van der Waals surface area contributed by atoms with Crippen molar-refractivity contribution in [2.75, 3.05) is 13.1 Å². The van der Waals surface area contributed by atoms with E-state index in [4.69, 9.17) is 5.73 Å². The van der Waals surface area contributed by atoms with E-state index in [9.17, 15) is 0 Å². The molecule has 2 saturated carbocycles. The zero-order valence-electron chi connectivity index (χ0n) is 10.5. The summed E-state index contributed by atoms with van der Waals surface area (Å²) in [6.45, 7) is 4.74. The number of hydrogen-bond donors (Lipinski definition) is 3. The first-order valence-corrected chi connectivity index (χ1v) is 7.02. The molecule has 0 spiro atoms. The monoisotopic (exact) mass is 225 g/mol. The molecule has 4 N–H and O–H groups in total. The molecule has 0 bridgehead atoms. The van der Waals surface area contributed by atoms with Crippen molar-refractivity contribution in [3.05, 3.63) is 0 Å². The molecule has 0 radical (unpaired) electrons. The highest BCUT2D eigenvalue weighted by Crippen LogP contribution is 2.23. The molecule has 1 heterocycles. The van der Waals surface area contributed by atoms with Crippen molar-refractivity contribution in [2.24, 2.45) is 11.7 Å². The predicted molar refractivity (Wildman–Crippen MR) is 68.4 cm³/mol. The number of rotatable bonds is 3. The second kappa shape index (κ2) is 5.99. The van der Waals surface area contributed by atoms with Gasteiger partial charge in [0.2, 0.25) is 0 Å². The summed E-state index contributed by atoms with van der Waals surface area (Å²) in [4.78, 5) is 0. The maximum atomic E-state index is 5.22. The Hall–Kier alpha value is -0.120. The molecule has 3 aliphatic rings. The highest BCUT2D eigenvalue weighted by Gasteiger charge is 2.29. The van der Waals surface area contributed by atoms with Gasteiger partial charge in [0.1, 0.15) is 0 Å². The van der Waals surface area contributed by atoms with Crippen LogP contribution in [0.5, 0.6) is 0 Å². The zero-order valence-corrected chi connectivity index (χ0v) is 10.5. The van der Waals surface area contributed by atoms with Crippen molar-refractivity contribution in [3.63, 3.8) is 0 Å². The Morgan fingerprint density at radius 2 is 1.88 bits per heavy atom. The number of nitrogens with one attached hydrogen (secondary N) is 2. The third kappa shape index (κ3) is 4.40. The van der Waals surface area contributed by atoms with Gasteiger partial charge in [0, 0.05) is 18.1 Å². The molecule has 0 aromatic carbocycles. The van der Waals surface area contributed by atoms with Crippen LogP contribution in [0.15, 0.2) is 0 Å². The van der Waals surface area contributed by atoms with Crippen LogP contribution in [0.25, 0.3) is 0 Å². The van der Waals surface area contributed by atoms with Gasteiger partial charge >= 0.3 is 0 Å². The van der Waals surface area contributed by atoms with E-state index in [1.54, 1.807) is 0 Å². The average Bonchev–Trinajstić information content (AvgIpc) is 3.19. The molecule has 0 aromatic rings. The van der Waals surface area contributed by atoms with Gasteiger partial charge in [-0.25, -0.2) is 0 Å². The van der Waals surface area contributed by atoms with Crippen molar-refractivity contribution in [2.45, 2.75) is 63.6 Å². The van der Waals surface area contributed by atoms with Crippen molar-refractivity contribution in [1.29, 1.82) is 0 Å². The lowest BCUT2D eigenvalue weighted by Crippen LogP contribution is -2.47. The van der Waals surface area contributed by atoms with Gasteiger partial charge in [-0.3, -0.25) is 0 Å². The minimum absolute atomic E-state index is 0.583. The molecule has 16 heavy (non-hydrogen) atoms. The van der Waals surface area contributed by atoms with Crippen LogP contribution in [0.1, 0.15) is 45.4 Å². The van der Waals surface area contributed by atoms with E-state index in [0.717, 1.165) is 18.0 Å². The fourth-order valence-electron chi connectivity index (χ4n) is 2.22. The third-order valence-corrected chi connectivity index (χ3v) is 3.78. The maximum absolute atomic E-state index is 5.22. The molecule has 94 valence electrons. The fourth-order valence-corrected chi connectivity index (χ4v) is 2.22. The van der Waals surface area contributed by atoms with Crippen LogP contribution in [0.2, 0.25) is 0 Å². The molecule has 0 amide bonds. The number of hydrogen-bond acceptors (Lipinski definition) is 3. The fraction of sp³-hybridized carbons (Fsp3) is 1.00. The molecule has 1 saturated heterocycles. The summed E-state index contributed by atoms with van der Waals surface area (Å²) in [6.07, 6.45) is 8.01. The van der Waals surface area contributed by atoms with Crippen molar-refractivity contribution >= 4 is 0 Å². The van der Waals surface area contributed by atoms with Crippen LogP contribution < -0.4 is 16.4 Å². The van der Waals surface area contributed by atoms with Crippen molar-refractivity contribution in [3.8, 4) is 0 Å². The van der Waals surface area contributed by atoms with Crippen LogP contribution in [-0.2, 0) is 0 Å². The minimum Gasteiger partial charge on any atom is -0.328 e. The molecule has 1 aliphatic heterocycles. The Bertz CT molecular complexity index is 199. The Labute approximate surface area is 99.5 Å². The molecule has 0 aromatic heterocycles. The van der Waals surface area contributed by atoms with E-state index in [1.165, 1.54) is 51.6 Å². The molecular weight excluding hydrogens is 198 g/mol. The largest absolute Gasteiger partial charge is 0.328 e. The van der Waals surface area contributed by atoms with Crippen LogP contribution in [0.3, 0.4) is 0 Å². The molecule has 3 rings (SSSR count). The molecule has 2 atom stereocenters. The summed E-state index contributed by atoms with van der Waals surface area (Å²) >= 11 is 0. The second-order valence-electron chi connectivity index (χ2n) is 5.55. The van der Waals surface area contributed by atoms with Crippen LogP contribution in [0.4, 0.5) is 0 Å². The normalized spacial score (nSPS) is 34.1. The summed E-state index contributed by atoms with van der Waals surface area (Å²) in [7, 11) is 0. The summed E-state index contributed by atoms with van der Waals surface area (Å²) in [6, 6.07) is 2.27. The second-order valence-corrected chi connectivity index (χ2v) is 5.55. The summed E-state index contributed by atoms with van der Waals surface area (Å²) in [5.74, 6) is 0.874.